The van der Waals surface area contributed by atoms with Crippen LogP contribution in [0.1, 0.15) is 39.0 Å². The molecule has 0 unspecified atom stereocenters. The molecule has 0 fully saturated rings. The van der Waals surface area contributed by atoms with Crippen molar-refractivity contribution in [2.75, 3.05) is 4.72 Å². The lowest BCUT2D eigenvalue weighted by atomic mass is 10.1. The minimum absolute atomic E-state index is 0.0807. The summed E-state index contributed by atoms with van der Waals surface area (Å²) in [5.41, 5.74) is -0.264. The van der Waals surface area contributed by atoms with Crippen molar-refractivity contribution in [1.82, 2.24) is 9.88 Å². The number of halogens is 3. The van der Waals surface area contributed by atoms with Crippen LogP contribution in [0.25, 0.3) is 5.70 Å². The van der Waals surface area contributed by atoms with E-state index in [0.29, 0.717) is 11.3 Å². The third-order valence-electron chi connectivity index (χ3n) is 4.86. The summed E-state index contributed by atoms with van der Waals surface area (Å²) in [6, 6.07) is 3.05. The van der Waals surface area contributed by atoms with Crippen molar-refractivity contribution >= 4 is 45.0 Å². The first-order chi connectivity index (χ1) is 16.5. The molecule has 1 aliphatic rings. The Morgan fingerprint density at radius 2 is 1.89 bits per heavy atom. The largest absolute Gasteiger partial charge is 0.320 e. The maximum atomic E-state index is 15.3. The summed E-state index contributed by atoms with van der Waals surface area (Å²) in [4.78, 5) is 20.8. The Morgan fingerprint density at radius 3 is 2.49 bits per heavy atom. The zero-order chi connectivity index (χ0) is 26.5. The summed E-state index contributed by atoms with van der Waals surface area (Å²) in [6.07, 6.45) is 5.20. The second-order valence-corrected chi connectivity index (χ2v) is 9.14. The van der Waals surface area contributed by atoms with E-state index in [-0.39, 0.29) is 27.1 Å². The normalized spacial score (nSPS) is 14.5. The summed E-state index contributed by atoms with van der Waals surface area (Å²) in [6.45, 7) is 12.1. The van der Waals surface area contributed by atoms with Gasteiger partial charge >= 0.3 is 0 Å². The van der Waals surface area contributed by atoms with Gasteiger partial charge in [0.25, 0.3) is 10.0 Å². The van der Waals surface area contributed by atoms with Crippen molar-refractivity contribution in [1.29, 1.82) is 0 Å². The average Bonchev–Trinajstić information content (AvgIpc) is 2.83. The molecule has 1 N–H and O–H groups in total. The molecule has 0 amide bonds. The molecule has 186 valence electrons. The first-order valence-electron chi connectivity index (χ1n) is 10.5. The zero-order valence-corrected chi connectivity index (χ0v) is 21.4. The van der Waals surface area contributed by atoms with E-state index in [4.69, 9.17) is 11.6 Å². The number of aliphatic imine (C=N–C) groups is 1. The van der Waals surface area contributed by atoms with E-state index >= 15 is 4.39 Å². The summed E-state index contributed by atoms with van der Waals surface area (Å²) < 4.78 is 57.7. The van der Waals surface area contributed by atoms with Crippen LogP contribution >= 0.6 is 11.6 Å². The minimum Gasteiger partial charge on any atom is -0.320 e. The first-order valence-corrected chi connectivity index (χ1v) is 12.3. The van der Waals surface area contributed by atoms with Crippen LogP contribution in [0.3, 0.4) is 0 Å². The summed E-state index contributed by atoms with van der Waals surface area (Å²) >= 11 is 5.85. The number of hydrogen-bond acceptors (Lipinski definition) is 6. The number of allylic oxidation sites excluding steroid dienone is 2. The first kappa shape index (κ1) is 27.9. The van der Waals surface area contributed by atoms with Gasteiger partial charge in [0.05, 0.1) is 39.6 Å². The number of pyridine rings is 1. The Balaban J connectivity index is 0.00000210. The van der Waals surface area contributed by atoms with Crippen LogP contribution in [-0.2, 0) is 14.8 Å². The number of rotatable bonds is 6. The number of aryl methyl sites for hydroxylation is 1. The van der Waals surface area contributed by atoms with Crippen molar-refractivity contribution in [3.05, 3.63) is 82.6 Å². The highest BCUT2D eigenvalue weighted by Gasteiger charge is 2.25. The van der Waals surface area contributed by atoms with Gasteiger partial charge in [-0.25, -0.2) is 17.2 Å². The van der Waals surface area contributed by atoms with E-state index in [1.165, 1.54) is 49.6 Å². The summed E-state index contributed by atoms with van der Waals surface area (Å²) in [7, 11) is -4.28. The van der Waals surface area contributed by atoms with Crippen LogP contribution in [0.5, 0.6) is 0 Å². The number of nitrogens with zero attached hydrogens (tertiary/aromatic N) is 3. The molecule has 2 aromatic rings. The van der Waals surface area contributed by atoms with Gasteiger partial charge in [-0.05, 0) is 39.0 Å². The van der Waals surface area contributed by atoms with E-state index < -0.39 is 32.9 Å². The Labute approximate surface area is 208 Å². The number of carbonyl (C=O) groups excluding carboxylic acids is 1. The molecule has 3 rings (SSSR count). The molecular formula is C24H25ClF2N4O3S. The highest BCUT2D eigenvalue weighted by molar-refractivity contribution is 7.92. The van der Waals surface area contributed by atoms with E-state index in [0.717, 1.165) is 12.1 Å². The lowest BCUT2D eigenvalue weighted by Crippen LogP contribution is -2.19. The number of benzene rings is 1. The molecule has 2 heterocycles. The fraction of sp³-hybridized carbons (Fsp3) is 0.208. The van der Waals surface area contributed by atoms with Crippen LogP contribution < -0.4 is 4.72 Å². The SMILES string of the molecule is C=CN1C=C(c2c(F)ccc(NS(=O)(=O)c3cc(Cl)cnc3C)c2F)N=C/C1=C(/C)C(C)=O.CC. The number of carbonyl (C=O) groups is 1. The van der Waals surface area contributed by atoms with Gasteiger partial charge in [0.15, 0.2) is 11.6 Å². The molecule has 0 spiro atoms. The standard InChI is InChI=1S/C22H19ClF2N4O3S.C2H6/c1-5-29-11-18(27-10-19(29)12(2)14(4)30)21-16(24)6-7-17(22(21)25)28-33(31,32)20-8-15(23)9-26-13(20)3;1-2/h5-11,28H,1H2,2-4H3;1-2H3/b19-12+;. The van der Waals surface area contributed by atoms with Gasteiger partial charge in [-0.2, -0.15) is 0 Å². The maximum absolute atomic E-state index is 15.3. The number of aromatic nitrogens is 1. The molecule has 0 radical (unpaired) electrons. The third kappa shape index (κ3) is 6.01. The van der Waals surface area contributed by atoms with E-state index in [9.17, 15) is 17.6 Å². The Morgan fingerprint density at radius 1 is 1.23 bits per heavy atom. The topological polar surface area (TPSA) is 91.7 Å². The zero-order valence-electron chi connectivity index (χ0n) is 19.9. The van der Waals surface area contributed by atoms with E-state index in [2.05, 4.69) is 21.3 Å². The smallest absolute Gasteiger partial charge is 0.263 e. The van der Waals surface area contributed by atoms with Crippen LogP contribution in [0.15, 0.2) is 64.5 Å². The molecule has 7 nitrogen and oxygen atoms in total. The Kier molecular flexibility index (Phi) is 9.06. The van der Waals surface area contributed by atoms with Crippen molar-refractivity contribution in [3.8, 4) is 0 Å². The number of ketones is 1. The number of anilines is 1. The molecule has 1 aliphatic heterocycles. The summed E-state index contributed by atoms with van der Waals surface area (Å²) in [5, 5.41) is 0.0807. The van der Waals surface area contributed by atoms with Gasteiger partial charge in [-0.3, -0.25) is 19.5 Å². The highest BCUT2D eigenvalue weighted by Crippen LogP contribution is 2.32. The van der Waals surface area contributed by atoms with E-state index in [1.807, 2.05) is 13.8 Å². The fourth-order valence-electron chi connectivity index (χ4n) is 3.01. The number of Topliss-reactive ketones (excluding diaryl/α,β-unsaturated/α-hetero) is 1. The molecule has 0 saturated heterocycles. The summed E-state index contributed by atoms with van der Waals surface area (Å²) in [5.74, 6) is -2.34. The van der Waals surface area contributed by atoms with Crippen LogP contribution in [0.2, 0.25) is 5.02 Å². The van der Waals surface area contributed by atoms with Crippen LogP contribution in [0, 0.1) is 18.6 Å². The van der Waals surface area contributed by atoms with Gasteiger partial charge in [0, 0.05) is 24.2 Å². The highest BCUT2D eigenvalue weighted by atomic mass is 35.5. The lowest BCUT2D eigenvalue weighted by Gasteiger charge is -2.23. The molecule has 0 bridgehead atoms. The van der Waals surface area contributed by atoms with Gasteiger partial charge in [0.2, 0.25) is 0 Å². The predicted octanol–water partition coefficient (Wildman–Crippen LogP) is 5.84. The fourth-order valence-corrected chi connectivity index (χ4v) is 4.51. The predicted molar refractivity (Wildman–Crippen MR) is 134 cm³/mol. The quantitative estimate of drug-likeness (QED) is 0.481. The minimum atomic E-state index is -4.28. The second kappa shape index (κ2) is 11.4. The van der Waals surface area contributed by atoms with Crippen molar-refractivity contribution < 1.29 is 22.0 Å². The lowest BCUT2D eigenvalue weighted by molar-refractivity contribution is -0.113. The van der Waals surface area contributed by atoms with Gasteiger partial charge < -0.3 is 4.90 Å². The molecule has 0 atom stereocenters. The average molecular weight is 523 g/mol. The molecule has 11 heteroatoms. The van der Waals surface area contributed by atoms with Gasteiger partial charge in [0.1, 0.15) is 10.7 Å². The molecule has 35 heavy (non-hydrogen) atoms. The molecular weight excluding hydrogens is 498 g/mol. The molecule has 1 aromatic heterocycles. The molecule has 1 aromatic carbocycles. The number of hydrogen-bond donors (Lipinski definition) is 1. The van der Waals surface area contributed by atoms with Crippen molar-refractivity contribution in [2.45, 2.75) is 39.5 Å². The Bertz CT molecular complexity index is 1370. The van der Waals surface area contributed by atoms with Crippen LogP contribution in [-0.4, -0.2) is 30.3 Å². The van der Waals surface area contributed by atoms with E-state index in [1.54, 1.807) is 6.92 Å². The third-order valence-corrected chi connectivity index (χ3v) is 6.55. The van der Waals surface area contributed by atoms with Crippen molar-refractivity contribution in [3.63, 3.8) is 0 Å². The van der Waals surface area contributed by atoms with Crippen LogP contribution in [0.4, 0.5) is 14.5 Å². The maximum Gasteiger partial charge on any atom is 0.263 e. The molecule has 0 saturated carbocycles. The van der Waals surface area contributed by atoms with Crippen molar-refractivity contribution in [2.24, 2.45) is 4.99 Å². The Hall–Kier alpha value is -3.37. The second-order valence-electron chi connectivity index (χ2n) is 7.06. The number of sulfonamides is 1. The number of nitrogens with one attached hydrogen (secondary N) is 1. The van der Waals surface area contributed by atoms with Gasteiger partial charge in [-0.15, -0.1) is 0 Å². The van der Waals surface area contributed by atoms with Gasteiger partial charge in [-0.1, -0.05) is 32.0 Å². The monoisotopic (exact) mass is 522 g/mol. The molecule has 0 aliphatic carbocycles.